The number of imide groups is 1. The summed E-state index contributed by atoms with van der Waals surface area (Å²) in [5.41, 5.74) is 0.498. The van der Waals surface area contributed by atoms with Crippen LogP contribution in [0.2, 0.25) is 0 Å². The summed E-state index contributed by atoms with van der Waals surface area (Å²) in [5.74, 6) is -1.14. The SMILES string of the molecule is CN1C(=O)C=C(C2(c3ccc(Br)cc3)Nc3ccccc3C2=O)C1=O. The van der Waals surface area contributed by atoms with Crippen molar-refractivity contribution in [2.24, 2.45) is 0 Å². The summed E-state index contributed by atoms with van der Waals surface area (Å²) in [6, 6.07) is 14.3. The number of fused-ring (bicyclic) bond motifs is 1. The molecule has 0 aromatic heterocycles. The van der Waals surface area contributed by atoms with Gasteiger partial charge in [0.25, 0.3) is 11.8 Å². The third-order valence-corrected chi connectivity index (χ3v) is 5.18. The van der Waals surface area contributed by atoms with Gasteiger partial charge in [0.2, 0.25) is 0 Å². The molecule has 1 atom stereocenters. The molecule has 0 radical (unpaired) electrons. The van der Waals surface area contributed by atoms with Crippen molar-refractivity contribution in [2.45, 2.75) is 5.54 Å². The van der Waals surface area contributed by atoms with Gasteiger partial charge < -0.3 is 5.32 Å². The van der Waals surface area contributed by atoms with E-state index in [1.54, 1.807) is 42.5 Å². The lowest BCUT2D eigenvalue weighted by molar-refractivity contribution is -0.135. The molecule has 1 N–H and O–H groups in total. The second kappa shape index (κ2) is 5.39. The fraction of sp³-hybridized carbons (Fsp3) is 0.105. The Morgan fingerprint density at radius 2 is 1.68 bits per heavy atom. The van der Waals surface area contributed by atoms with E-state index in [-0.39, 0.29) is 11.4 Å². The number of nitrogens with one attached hydrogen (secondary N) is 1. The maximum absolute atomic E-state index is 13.4. The van der Waals surface area contributed by atoms with Gasteiger partial charge in [0.15, 0.2) is 11.3 Å². The first kappa shape index (κ1) is 15.8. The summed E-state index contributed by atoms with van der Waals surface area (Å²) in [7, 11) is 1.41. The molecule has 2 aliphatic heterocycles. The molecular formula is C19H13BrN2O3. The van der Waals surface area contributed by atoms with Crippen LogP contribution in [0.15, 0.2) is 64.7 Å². The van der Waals surface area contributed by atoms with Crippen molar-refractivity contribution < 1.29 is 14.4 Å². The summed E-state index contributed by atoms with van der Waals surface area (Å²) in [6.45, 7) is 0. The van der Waals surface area contributed by atoms with E-state index in [1.165, 1.54) is 13.1 Å². The number of para-hydroxylation sites is 1. The van der Waals surface area contributed by atoms with Crippen LogP contribution in [0.4, 0.5) is 5.69 Å². The van der Waals surface area contributed by atoms with Crippen LogP contribution in [0.3, 0.4) is 0 Å². The molecule has 5 nitrogen and oxygen atoms in total. The normalized spacial score (nSPS) is 22.1. The van der Waals surface area contributed by atoms with Crippen LogP contribution < -0.4 is 5.32 Å². The van der Waals surface area contributed by atoms with Gasteiger partial charge in [-0.05, 0) is 29.8 Å². The number of amides is 2. The van der Waals surface area contributed by atoms with E-state index in [0.717, 1.165) is 9.37 Å². The predicted octanol–water partition coefficient (Wildman–Crippen LogP) is 2.88. The van der Waals surface area contributed by atoms with Crippen LogP contribution in [0.25, 0.3) is 0 Å². The summed E-state index contributed by atoms with van der Waals surface area (Å²) in [5, 5.41) is 3.21. The van der Waals surface area contributed by atoms with Gasteiger partial charge in [0.05, 0.1) is 5.57 Å². The second-order valence-electron chi connectivity index (χ2n) is 6.02. The Labute approximate surface area is 152 Å². The number of ketones is 1. The zero-order chi connectivity index (χ0) is 17.8. The number of rotatable bonds is 2. The predicted molar refractivity (Wildman–Crippen MR) is 96.1 cm³/mol. The van der Waals surface area contributed by atoms with Crippen LogP contribution in [0, 0.1) is 0 Å². The van der Waals surface area contributed by atoms with E-state index in [4.69, 9.17) is 0 Å². The number of halogens is 1. The summed E-state index contributed by atoms with van der Waals surface area (Å²) in [4.78, 5) is 39.1. The van der Waals surface area contributed by atoms with Crippen LogP contribution in [0.1, 0.15) is 15.9 Å². The van der Waals surface area contributed by atoms with Crippen molar-refractivity contribution in [2.75, 3.05) is 12.4 Å². The largest absolute Gasteiger partial charge is 0.364 e. The standard InChI is InChI=1S/C19H13BrN2O3/c1-22-16(23)10-14(18(22)25)19(11-6-8-12(20)9-7-11)17(24)13-4-2-3-5-15(13)21-19/h2-10,21H,1H3. The Bertz CT molecular complexity index is 965. The highest BCUT2D eigenvalue weighted by Crippen LogP contribution is 2.45. The fourth-order valence-corrected chi connectivity index (χ4v) is 3.59. The van der Waals surface area contributed by atoms with Crippen LogP contribution in [-0.2, 0) is 15.1 Å². The Kier molecular flexibility index (Phi) is 3.40. The molecule has 0 saturated heterocycles. The van der Waals surface area contributed by atoms with E-state index >= 15 is 0 Å². The molecular weight excluding hydrogens is 384 g/mol. The molecule has 0 spiro atoms. The number of hydrogen-bond donors (Lipinski definition) is 1. The highest BCUT2D eigenvalue weighted by atomic mass is 79.9. The Balaban J connectivity index is 1.97. The smallest absolute Gasteiger partial charge is 0.259 e. The number of nitrogens with zero attached hydrogens (tertiary/aromatic N) is 1. The zero-order valence-electron chi connectivity index (χ0n) is 13.2. The molecule has 2 aliphatic rings. The molecule has 0 saturated carbocycles. The molecule has 0 aliphatic carbocycles. The molecule has 6 heteroatoms. The van der Waals surface area contributed by atoms with Crippen molar-refractivity contribution in [3.05, 3.63) is 75.8 Å². The molecule has 2 aromatic carbocycles. The first-order chi connectivity index (χ1) is 11.9. The minimum atomic E-state index is -1.40. The van der Waals surface area contributed by atoms with Crippen molar-refractivity contribution >= 4 is 39.2 Å². The summed E-state index contributed by atoms with van der Waals surface area (Å²) >= 11 is 3.38. The molecule has 2 amide bonds. The molecule has 124 valence electrons. The second-order valence-corrected chi connectivity index (χ2v) is 6.93. The quantitative estimate of drug-likeness (QED) is 0.792. The Morgan fingerprint density at radius 3 is 2.28 bits per heavy atom. The number of hydrogen-bond acceptors (Lipinski definition) is 4. The van der Waals surface area contributed by atoms with Gasteiger partial charge in [0.1, 0.15) is 0 Å². The Hall–Kier alpha value is -2.73. The number of likely N-dealkylation sites (N-methyl/N-ethyl adjacent to an activating group) is 1. The lowest BCUT2D eigenvalue weighted by Crippen LogP contribution is -2.44. The van der Waals surface area contributed by atoms with E-state index < -0.39 is 17.4 Å². The van der Waals surface area contributed by atoms with Gasteiger partial charge in [0, 0.05) is 28.8 Å². The maximum Gasteiger partial charge on any atom is 0.259 e. The average Bonchev–Trinajstić information content (AvgIpc) is 3.06. The van der Waals surface area contributed by atoms with Crippen molar-refractivity contribution in [3.8, 4) is 0 Å². The highest BCUT2D eigenvalue weighted by Gasteiger charge is 2.54. The number of Topliss-reactive ketones (excluding diaryl/α,β-unsaturated/α-hetero) is 1. The van der Waals surface area contributed by atoms with Crippen molar-refractivity contribution in [3.63, 3.8) is 0 Å². The molecule has 2 aromatic rings. The lowest BCUT2D eigenvalue weighted by atomic mass is 9.79. The zero-order valence-corrected chi connectivity index (χ0v) is 14.8. The van der Waals surface area contributed by atoms with Crippen LogP contribution in [-0.4, -0.2) is 29.5 Å². The maximum atomic E-state index is 13.4. The monoisotopic (exact) mass is 396 g/mol. The van der Waals surface area contributed by atoms with Gasteiger partial charge in [-0.1, -0.05) is 40.2 Å². The van der Waals surface area contributed by atoms with E-state index in [2.05, 4.69) is 21.2 Å². The van der Waals surface area contributed by atoms with Gasteiger partial charge in [-0.2, -0.15) is 0 Å². The fourth-order valence-electron chi connectivity index (χ4n) is 3.33. The first-order valence-corrected chi connectivity index (χ1v) is 8.46. The van der Waals surface area contributed by atoms with E-state index in [1.807, 2.05) is 6.07 Å². The topological polar surface area (TPSA) is 66.5 Å². The van der Waals surface area contributed by atoms with Crippen LogP contribution >= 0.6 is 15.9 Å². The van der Waals surface area contributed by atoms with Crippen molar-refractivity contribution in [1.82, 2.24) is 4.90 Å². The van der Waals surface area contributed by atoms with E-state index in [9.17, 15) is 14.4 Å². The van der Waals surface area contributed by atoms with Gasteiger partial charge in [-0.3, -0.25) is 19.3 Å². The van der Waals surface area contributed by atoms with Crippen LogP contribution in [0.5, 0.6) is 0 Å². The van der Waals surface area contributed by atoms with Crippen molar-refractivity contribution in [1.29, 1.82) is 0 Å². The van der Waals surface area contributed by atoms with Gasteiger partial charge in [-0.15, -0.1) is 0 Å². The molecule has 25 heavy (non-hydrogen) atoms. The molecule has 0 bridgehead atoms. The van der Waals surface area contributed by atoms with Gasteiger partial charge in [-0.25, -0.2) is 0 Å². The van der Waals surface area contributed by atoms with E-state index in [0.29, 0.717) is 16.8 Å². The minimum absolute atomic E-state index is 0.142. The number of benzene rings is 2. The summed E-state index contributed by atoms with van der Waals surface area (Å²) < 4.78 is 0.856. The molecule has 0 fully saturated rings. The molecule has 1 unspecified atom stereocenters. The number of carbonyl (C=O) groups excluding carboxylic acids is 3. The van der Waals surface area contributed by atoms with Gasteiger partial charge >= 0.3 is 0 Å². The Morgan fingerprint density at radius 1 is 1.00 bits per heavy atom. The minimum Gasteiger partial charge on any atom is -0.364 e. The molecule has 2 heterocycles. The third-order valence-electron chi connectivity index (χ3n) is 4.65. The number of anilines is 1. The average molecular weight is 397 g/mol. The highest BCUT2D eigenvalue weighted by molar-refractivity contribution is 9.10. The first-order valence-electron chi connectivity index (χ1n) is 7.67. The third kappa shape index (κ3) is 2.10. The summed E-state index contributed by atoms with van der Waals surface area (Å²) in [6.07, 6.45) is 1.25. The molecule has 4 rings (SSSR count). The lowest BCUT2D eigenvalue weighted by Gasteiger charge is -2.30. The number of carbonyl (C=O) groups is 3.